The number of benzene rings is 1. The summed E-state index contributed by atoms with van der Waals surface area (Å²) >= 11 is 0. The largest absolute Gasteiger partial charge is 0.481 e. The number of carbonyl (C=O) groups is 2. The van der Waals surface area contributed by atoms with Gasteiger partial charge in [-0.05, 0) is 63.5 Å². The average Bonchev–Trinajstić information content (AvgIpc) is 2.96. The van der Waals surface area contributed by atoms with Crippen LogP contribution in [0.5, 0.6) is 0 Å². The zero-order chi connectivity index (χ0) is 32.1. The highest BCUT2D eigenvalue weighted by Crippen LogP contribution is 2.26. The maximum Gasteiger partial charge on any atom is 0.306 e. The molecule has 10 nitrogen and oxygen atoms in total. The molecular weight excluding hydrogens is 572 g/mol. The molecule has 0 bridgehead atoms. The number of esters is 1. The molecule has 0 heterocycles. The number of nitro groups is 1. The molecule has 0 aliphatic carbocycles. The van der Waals surface area contributed by atoms with Crippen molar-refractivity contribution in [2.75, 3.05) is 6.54 Å². The summed E-state index contributed by atoms with van der Waals surface area (Å²) < 4.78 is 34.2. The Hall–Kier alpha value is -2.53. The van der Waals surface area contributed by atoms with Gasteiger partial charge in [-0.2, -0.15) is 4.31 Å². The number of unbranched alkanes of at least 4 members (excludes halogenated alkanes) is 8. The van der Waals surface area contributed by atoms with Gasteiger partial charge in [0.2, 0.25) is 10.0 Å². The van der Waals surface area contributed by atoms with E-state index in [1.165, 1.54) is 55.0 Å². The average molecular weight is 627 g/mol. The lowest BCUT2D eigenvalue weighted by molar-refractivity contribution is -0.384. The smallest absolute Gasteiger partial charge is 0.306 e. The maximum atomic E-state index is 13.5. The van der Waals surface area contributed by atoms with Gasteiger partial charge in [-0.15, -0.1) is 0 Å². The van der Waals surface area contributed by atoms with Crippen molar-refractivity contribution in [2.45, 2.75) is 153 Å². The van der Waals surface area contributed by atoms with Gasteiger partial charge in [0.15, 0.2) is 0 Å². The fraction of sp³-hybridized carbons (Fsp3) is 0.750. The van der Waals surface area contributed by atoms with E-state index in [9.17, 15) is 28.1 Å². The Kier molecular flexibility index (Phi) is 19.7. The summed E-state index contributed by atoms with van der Waals surface area (Å²) in [6.07, 6.45) is 14.5. The Morgan fingerprint density at radius 3 is 1.79 bits per heavy atom. The zero-order valence-corrected chi connectivity index (χ0v) is 27.3. The molecule has 0 spiro atoms. The molecule has 1 atom stereocenters. The van der Waals surface area contributed by atoms with E-state index in [1.54, 1.807) is 6.92 Å². The summed E-state index contributed by atoms with van der Waals surface area (Å²) in [7, 11) is -4.00. The summed E-state index contributed by atoms with van der Waals surface area (Å²) in [5.41, 5.74) is -0.209. The second kappa shape index (κ2) is 22.0. The normalized spacial score (nSPS) is 12.5. The van der Waals surface area contributed by atoms with Crippen molar-refractivity contribution in [2.24, 2.45) is 0 Å². The van der Waals surface area contributed by atoms with Crippen LogP contribution in [0.4, 0.5) is 5.69 Å². The van der Waals surface area contributed by atoms with Crippen molar-refractivity contribution >= 4 is 27.6 Å². The van der Waals surface area contributed by atoms with Crippen molar-refractivity contribution in [3.8, 4) is 0 Å². The lowest BCUT2D eigenvalue weighted by atomic mass is 10.0. The van der Waals surface area contributed by atoms with Gasteiger partial charge >= 0.3 is 11.9 Å². The Morgan fingerprint density at radius 2 is 1.33 bits per heavy atom. The summed E-state index contributed by atoms with van der Waals surface area (Å²) in [6, 6.07) is 4.21. The van der Waals surface area contributed by atoms with Crippen LogP contribution in [0.2, 0.25) is 0 Å². The van der Waals surface area contributed by atoms with E-state index >= 15 is 0 Å². The number of rotatable bonds is 26. The van der Waals surface area contributed by atoms with Crippen molar-refractivity contribution in [1.29, 1.82) is 0 Å². The summed E-state index contributed by atoms with van der Waals surface area (Å²) in [5, 5.41) is 20.1. The first-order valence-corrected chi connectivity index (χ1v) is 17.7. The van der Waals surface area contributed by atoms with Gasteiger partial charge < -0.3 is 9.84 Å². The van der Waals surface area contributed by atoms with E-state index in [-0.39, 0.29) is 48.5 Å². The summed E-state index contributed by atoms with van der Waals surface area (Å²) in [6.45, 7) is 6.21. The second-order valence-corrected chi connectivity index (χ2v) is 13.2. The van der Waals surface area contributed by atoms with Gasteiger partial charge in [-0.1, -0.05) is 72.1 Å². The first-order chi connectivity index (χ1) is 20.6. The second-order valence-electron chi connectivity index (χ2n) is 11.3. The van der Waals surface area contributed by atoms with E-state index in [0.717, 1.165) is 50.7 Å². The molecule has 0 fully saturated rings. The summed E-state index contributed by atoms with van der Waals surface area (Å²) in [4.78, 5) is 34.4. The molecule has 0 saturated heterocycles. The van der Waals surface area contributed by atoms with Crippen LogP contribution < -0.4 is 0 Å². The minimum Gasteiger partial charge on any atom is -0.481 e. The first-order valence-electron chi connectivity index (χ1n) is 16.2. The van der Waals surface area contributed by atoms with E-state index in [2.05, 4.69) is 13.8 Å². The number of nitro benzene ring substituents is 1. The van der Waals surface area contributed by atoms with Gasteiger partial charge in [0, 0.05) is 37.6 Å². The first kappa shape index (κ1) is 38.5. The number of aliphatic carboxylic acids is 1. The molecule has 0 saturated carbocycles. The molecule has 1 N–H and O–H groups in total. The van der Waals surface area contributed by atoms with Crippen LogP contribution >= 0.6 is 0 Å². The number of non-ortho nitro benzene ring substituents is 1. The Bertz CT molecular complexity index is 1030. The van der Waals surface area contributed by atoms with Crippen LogP contribution in [-0.4, -0.2) is 53.4 Å². The Balaban J connectivity index is 2.86. The van der Waals surface area contributed by atoms with E-state index in [0.29, 0.717) is 19.3 Å². The summed E-state index contributed by atoms with van der Waals surface area (Å²) in [5.74, 6) is -1.24. The molecule has 1 rings (SSSR count). The Morgan fingerprint density at radius 1 is 0.814 bits per heavy atom. The fourth-order valence-electron chi connectivity index (χ4n) is 5.36. The molecule has 1 unspecified atom stereocenters. The molecule has 1 aromatic rings. The quantitative estimate of drug-likeness (QED) is 0.0471. The molecule has 0 aliphatic heterocycles. The minimum atomic E-state index is -4.00. The van der Waals surface area contributed by atoms with Crippen molar-refractivity contribution in [3.05, 3.63) is 34.4 Å². The predicted octanol–water partition coefficient (Wildman–Crippen LogP) is 8.03. The number of carbonyl (C=O) groups excluding carboxylic acids is 1. The molecular formula is C32H54N2O8S. The fourth-order valence-corrected chi connectivity index (χ4v) is 7.06. The third-order valence-corrected chi connectivity index (χ3v) is 9.82. The Labute approximate surface area is 258 Å². The third-order valence-electron chi connectivity index (χ3n) is 7.78. The predicted molar refractivity (Wildman–Crippen MR) is 168 cm³/mol. The number of nitrogens with zero attached hydrogens (tertiary/aromatic N) is 2. The van der Waals surface area contributed by atoms with Crippen LogP contribution in [0.3, 0.4) is 0 Å². The molecule has 0 radical (unpaired) electrons. The maximum absolute atomic E-state index is 13.5. The molecule has 1 aromatic carbocycles. The van der Waals surface area contributed by atoms with Crippen molar-refractivity contribution in [1.82, 2.24) is 4.31 Å². The molecule has 11 heteroatoms. The molecule has 0 aliphatic rings. The number of carboxylic acid groups (broad SMARTS) is 1. The minimum absolute atomic E-state index is 0.0664. The zero-order valence-electron chi connectivity index (χ0n) is 26.5. The topological polar surface area (TPSA) is 144 Å². The number of hydrogen-bond acceptors (Lipinski definition) is 7. The van der Waals surface area contributed by atoms with E-state index < -0.39 is 27.0 Å². The monoisotopic (exact) mass is 626 g/mol. The SMILES string of the molecule is CCCCCCCC(CCCCCCC)OC(=O)CCCC(CCCC(=O)O)N(CC)S(=O)(=O)c1ccc([N+](=O)[O-])cc1. The van der Waals surface area contributed by atoms with Crippen molar-refractivity contribution in [3.63, 3.8) is 0 Å². The van der Waals surface area contributed by atoms with Gasteiger partial charge in [-0.25, -0.2) is 8.42 Å². The van der Waals surface area contributed by atoms with Crippen LogP contribution in [-0.2, 0) is 24.3 Å². The van der Waals surface area contributed by atoms with Crippen molar-refractivity contribution < 1.29 is 32.8 Å². The van der Waals surface area contributed by atoms with Gasteiger partial charge in [-0.3, -0.25) is 19.7 Å². The number of hydrogen-bond donors (Lipinski definition) is 1. The van der Waals surface area contributed by atoms with Crippen LogP contribution in [0.1, 0.15) is 136 Å². The third kappa shape index (κ3) is 15.7. The molecule has 246 valence electrons. The lowest BCUT2D eigenvalue weighted by Gasteiger charge is -2.30. The number of sulfonamides is 1. The van der Waals surface area contributed by atoms with Crippen LogP contribution in [0.15, 0.2) is 29.2 Å². The highest BCUT2D eigenvalue weighted by Gasteiger charge is 2.30. The van der Waals surface area contributed by atoms with E-state index in [1.807, 2.05) is 0 Å². The molecule has 43 heavy (non-hydrogen) atoms. The number of carboxylic acids is 1. The highest BCUT2D eigenvalue weighted by molar-refractivity contribution is 7.89. The van der Waals surface area contributed by atoms with Gasteiger partial charge in [0.1, 0.15) is 6.10 Å². The van der Waals surface area contributed by atoms with Gasteiger partial charge in [0.25, 0.3) is 5.69 Å². The highest BCUT2D eigenvalue weighted by atomic mass is 32.2. The van der Waals surface area contributed by atoms with Crippen LogP contribution in [0, 0.1) is 10.1 Å². The van der Waals surface area contributed by atoms with E-state index in [4.69, 9.17) is 9.84 Å². The van der Waals surface area contributed by atoms with Crippen LogP contribution in [0.25, 0.3) is 0 Å². The standard InChI is InChI=1S/C32H54N2O8S/c1-4-7-9-11-13-19-29(20-14-12-10-8-5-2)42-32(37)22-16-18-27(17-15-21-31(35)36)33(6-3)43(40,41)30-25-23-28(24-26-30)34(38)39/h23-27,29H,4-22H2,1-3H3,(H,35,36). The molecule has 0 aromatic heterocycles. The van der Waals surface area contributed by atoms with Gasteiger partial charge in [0.05, 0.1) is 9.82 Å². The number of ether oxygens (including phenoxy) is 1. The molecule has 0 amide bonds. The lowest BCUT2D eigenvalue weighted by Crippen LogP contribution is -2.40.